The molecular weight excluding hydrogens is 342 g/mol. The summed E-state index contributed by atoms with van der Waals surface area (Å²) in [5, 5.41) is 2.66. The fourth-order valence-electron chi connectivity index (χ4n) is 2.34. The van der Waals surface area contributed by atoms with Gasteiger partial charge in [-0.05, 0) is 54.3 Å². The Labute approximate surface area is 160 Å². The van der Waals surface area contributed by atoms with E-state index in [1.54, 1.807) is 30.3 Å². The van der Waals surface area contributed by atoms with Gasteiger partial charge in [-0.3, -0.25) is 4.79 Å². The third-order valence-electron chi connectivity index (χ3n) is 3.81. The van der Waals surface area contributed by atoms with E-state index in [4.69, 9.17) is 9.47 Å². The van der Waals surface area contributed by atoms with Crippen molar-refractivity contribution < 1.29 is 19.1 Å². The third-order valence-corrected chi connectivity index (χ3v) is 3.81. The van der Waals surface area contributed by atoms with Crippen molar-refractivity contribution >= 4 is 23.6 Å². The Bertz CT molecular complexity index is 777. The number of carbonyl (C=O) groups is 2. The van der Waals surface area contributed by atoms with Crippen LogP contribution in [0.2, 0.25) is 0 Å². The van der Waals surface area contributed by atoms with Gasteiger partial charge in [-0.15, -0.1) is 0 Å². The van der Waals surface area contributed by atoms with E-state index in [1.165, 1.54) is 11.6 Å². The van der Waals surface area contributed by atoms with Crippen LogP contribution < -0.4 is 10.1 Å². The molecule has 5 heteroatoms. The number of benzene rings is 2. The molecule has 2 aromatic carbocycles. The summed E-state index contributed by atoms with van der Waals surface area (Å²) in [6, 6.07) is 14.9. The number of carbonyl (C=O) groups excluding carboxylic acids is 2. The normalized spacial score (nSPS) is 10.8. The van der Waals surface area contributed by atoms with E-state index in [1.807, 2.05) is 31.2 Å². The largest absolute Gasteiger partial charge is 0.494 e. The van der Waals surface area contributed by atoms with Crippen molar-refractivity contribution in [2.75, 3.05) is 18.5 Å². The number of hydrogen-bond donors (Lipinski definition) is 1. The van der Waals surface area contributed by atoms with Crippen molar-refractivity contribution in [3.05, 3.63) is 65.7 Å². The lowest BCUT2D eigenvalue weighted by atomic mass is 10.0. The topological polar surface area (TPSA) is 64.6 Å². The minimum atomic E-state index is -0.565. The minimum absolute atomic E-state index is 0.345. The average Bonchev–Trinajstić information content (AvgIpc) is 2.67. The second-order valence-corrected chi connectivity index (χ2v) is 6.27. The van der Waals surface area contributed by atoms with Crippen molar-refractivity contribution in [3.8, 4) is 5.75 Å². The van der Waals surface area contributed by atoms with E-state index < -0.39 is 11.9 Å². The van der Waals surface area contributed by atoms with Crippen molar-refractivity contribution in [1.29, 1.82) is 0 Å². The molecule has 0 aliphatic carbocycles. The van der Waals surface area contributed by atoms with E-state index in [-0.39, 0.29) is 6.61 Å². The Kier molecular flexibility index (Phi) is 7.62. The van der Waals surface area contributed by atoms with Gasteiger partial charge < -0.3 is 14.8 Å². The van der Waals surface area contributed by atoms with E-state index in [9.17, 15) is 9.59 Å². The van der Waals surface area contributed by atoms with Crippen LogP contribution in [-0.2, 0) is 14.3 Å². The highest BCUT2D eigenvalue weighted by molar-refractivity contribution is 5.94. The average molecular weight is 367 g/mol. The summed E-state index contributed by atoms with van der Waals surface area (Å²) < 4.78 is 10.3. The second kappa shape index (κ2) is 10.2. The SMILES string of the molecule is CCOc1ccc(NC(=O)COC(=O)C=Cc2ccc(C(C)C)cc2)cc1. The Morgan fingerprint density at radius 3 is 2.30 bits per heavy atom. The Balaban J connectivity index is 1.77. The molecule has 0 saturated carbocycles. The highest BCUT2D eigenvalue weighted by atomic mass is 16.5. The molecule has 0 radical (unpaired) electrons. The number of anilines is 1. The molecule has 0 atom stereocenters. The molecule has 0 saturated heterocycles. The first-order chi connectivity index (χ1) is 13.0. The summed E-state index contributed by atoms with van der Waals surface area (Å²) in [5.74, 6) is 0.224. The molecular formula is C22H25NO4. The smallest absolute Gasteiger partial charge is 0.331 e. The van der Waals surface area contributed by atoms with E-state index in [2.05, 4.69) is 19.2 Å². The summed E-state index contributed by atoms with van der Waals surface area (Å²) in [7, 11) is 0. The second-order valence-electron chi connectivity index (χ2n) is 6.27. The van der Waals surface area contributed by atoms with Gasteiger partial charge in [-0.25, -0.2) is 4.79 Å². The highest BCUT2D eigenvalue weighted by Crippen LogP contribution is 2.16. The molecule has 0 unspecified atom stereocenters. The van der Waals surface area contributed by atoms with Crippen LogP contribution in [0.4, 0.5) is 5.69 Å². The number of esters is 1. The Morgan fingerprint density at radius 1 is 1.04 bits per heavy atom. The number of nitrogens with one attached hydrogen (secondary N) is 1. The molecule has 0 aliphatic rings. The molecule has 0 aliphatic heterocycles. The maximum Gasteiger partial charge on any atom is 0.331 e. The van der Waals surface area contributed by atoms with Crippen LogP contribution in [0, 0.1) is 0 Å². The molecule has 0 heterocycles. The monoisotopic (exact) mass is 367 g/mol. The van der Waals surface area contributed by atoms with Gasteiger partial charge in [0.2, 0.25) is 0 Å². The maximum absolute atomic E-state index is 11.9. The Hall–Kier alpha value is -3.08. The van der Waals surface area contributed by atoms with Crippen LogP contribution in [0.5, 0.6) is 5.75 Å². The molecule has 2 rings (SSSR count). The van der Waals surface area contributed by atoms with Gasteiger partial charge in [-0.2, -0.15) is 0 Å². The first-order valence-corrected chi connectivity index (χ1v) is 8.95. The molecule has 27 heavy (non-hydrogen) atoms. The summed E-state index contributed by atoms with van der Waals surface area (Å²) in [4.78, 5) is 23.6. The van der Waals surface area contributed by atoms with Gasteiger partial charge in [0.15, 0.2) is 6.61 Å². The molecule has 0 bridgehead atoms. The molecule has 0 aromatic heterocycles. The van der Waals surface area contributed by atoms with E-state index >= 15 is 0 Å². The number of rotatable bonds is 8. The molecule has 0 spiro atoms. The lowest BCUT2D eigenvalue weighted by Gasteiger charge is -2.07. The van der Waals surface area contributed by atoms with Crippen LogP contribution in [0.3, 0.4) is 0 Å². The zero-order valence-electron chi connectivity index (χ0n) is 15.9. The lowest BCUT2D eigenvalue weighted by molar-refractivity contribution is -0.142. The quantitative estimate of drug-likeness (QED) is 0.555. The van der Waals surface area contributed by atoms with Crippen molar-refractivity contribution in [3.63, 3.8) is 0 Å². The zero-order valence-corrected chi connectivity index (χ0v) is 15.9. The summed E-state index contributed by atoms with van der Waals surface area (Å²) in [5.41, 5.74) is 2.75. The molecule has 1 amide bonds. The van der Waals surface area contributed by atoms with Gasteiger partial charge in [-0.1, -0.05) is 38.1 Å². The van der Waals surface area contributed by atoms with Crippen molar-refractivity contribution in [2.45, 2.75) is 26.7 Å². The first-order valence-electron chi connectivity index (χ1n) is 8.95. The highest BCUT2D eigenvalue weighted by Gasteiger charge is 2.06. The fraction of sp³-hybridized carbons (Fsp3) is 0.273. The molecule has 142 valence electrons. The van der Waals surface area contributed by atoms with Crippen LogP contribution in [0.25, 0.3) is 6.08 Å². The molecule has 0 fully saturated rings. The molecule has 2 aromatic rings. The van der Waals surface area contributed by atoms with Gasteiger partial charge in [0.1, 0.15) is 5.75 Å². The molecule has 1 N–H and O–H groups in total. The first kappa shape index (κ1) is 20.2. The number of ether oxygens (including phenoxy) is 2. The van der Waals surface area contributed by atoms with E-state index in [0.29, 0.717) is 18.2 Å². The number of amides is 1. The molecule has 5 nitrogen and oxygen atoms in total. The van der Waals surface area contributed by atoms with Crippen LogP contribution >= 0.6 is 0 Å². The van der Waals surface area contributed by atoms with Gasteiger partial charge in [0.25, 0.3) is 5.91 Å². The van der Waals surface area contributed by atoms with Crippen LogP contribution in [0.1, 0.15) is 37.8 Å². The lowest BCUT2D eigenvalue weighted by Crippen LogP contribution is -2.20. The van der Waals surface area contributed by atoms with Gasteiger partial charge in [0, 0.05) is 11.8 Å². The Morgan fingerprint density at radius 2 is 1.70 bits per heavy atom. The predicted molar refractivity (Wildman–Crippen MR) is 107 cm³/mol. The van der Waals surface area contributed by atoms with Gasteiger partial charge >= 0.3 is 5.97 Å². The fourth-order valence-corrected chi connectivity index (χ4v) is 2.34. The third kappa shape index (κ3) is 6.98. The zero-order chi connectivity index (χ0) is 19.6. The van der Waals surface area contributed by atoms with Crippen molar-refractivity contribution in [2.24, 2.45) is 0 Å². The standard InChI is InChI=1S/C22H25NO4/c1-4-26-20-12-10-19(11-13-20)23-21(24)15-27-22(25)14-7-17-5-8-18(9-6-17)16(2)3/h5-14,16H,4,15H2,1-3H3,(H,23,24). The van der Waals surface area contributed by atoms with Crippen LogP contribution in [0.15, 0.2) is 54.6 Å². The minimum Gasteiger partial charge on any atom is -0.494 e. The van der Waals surface area contributed by atoms with Crippen LogP contribution in [-0.4, -0.2) is 25.1 Å². The summed E-state index contributed by atoms with van der Waals surface area (Å²) >= 11 is 0. The van der Waals surface area contributed by atoms with Gasteiger partial charge in [0.05, 0.1) is 6.61 Å². The van der Waals surface area contributed by atoms with Crippen molar-refractivity contribution in [1.82, 2.24) is 0 Å². The summed E-state index contributed by atoms with van der Waals surface area (Å²) in [6.45, 7) is 6.39. The van der Waals surface area contributed by atoms with E-state index in [0.717, 1.165) is 11.3 Å². The summed E-state index contributed by atoms with van der Waals surface area (Å²) in [6.07, 6.45) is 2.98. The number of hydrogen-bond acceptors (Lipinski definition) is 4. The predicted octanol–water partition coefficient (Wildman–Crippen LogP) is 4.40. The maximum atomic E-state index is 11.9.